The van der Waals surface area contributed by atoms with Crippen molar-refractivity contribution < 1.29 is 9.21 Å². The highest BCUT2D eigenvalue weighted by Crippen LogP contribution is 2.50. The van der Waals surface area contributed by atoms with Crippen LogP contribution in [0.25, 0.3) is 0 Å². The van der Waals surface area contributed by atoms with Crippen LogP contribution in [0.15, 0.2) is 39.6 Å². The van der Waals surface area contributed by atoms with Crippen molar-refractivity contribution in [1.29, 1.82) is 0 Å². The van der Waals surface area contributed by atoms with Crippen LogP contribution in [-0.4, -0.2) is 17.4 Å². The summed E-state index contributed by atoms with van der Waals surface area (Å²) in [6.07, 6.45) is 4.85. The van der Waals surface area contributed by atoms with Gasteiger partial charge in [-0.2, -0.15) is 11.3 Å². The summed E-state index contributed by atoms with van der Waals surface area (Å²) in [7, 11) is 0. The summed E-state index contributed by atoms with van der Waals surface area (Å²) < 4.78 is 5.43. The van der Waals surface area contributed by atoms with E-state index in [4.69, 9.17) is 4.42 Å². The van der Waals surface area contributed by atoms with Gasteiger partial charge in [-0.3, -0.25) is 4.79 Å². The van der Waals surface area contributed by atoms with Crippen molar-refractivity contribution in [2.45, 2.75) is 31.2 Å². The molecule has 0 aromatic carbocycles. The molecule has 4 rings (SSSR count). The maximum atomic E-state index is 12.7. The Morgan fingerprint density at radius 3 is 3.10 bits per heavy atom. The van der Waals surface area contributed by atoms with Gasteiger partial charge in [-0.25, -0.2) is 0 Å². The normalized spacial score (nSPS) is 28.8. The van der Waals surface area contributed by atoms with Crippen LogP contribution in [0.4, 0.5) is 0 Å². The van der Waals surface area contributed by atoms with Crippen LogP contribution in [0.2, 0.25) is 0 Å². The summed E-state index contributed by atoms with van der Waals surface area (Å²) in [6.45, 7) is 0.903. The minimum atomic E-state index is 0.139. The average Bonchev–Trinajstić information content (AvgIpc) is 2.97. The van der Waals surface area contributed by atoms with E-state index in [0.717, 1.165) is 31.6 Å². The Labute approximate surface area is 122 Å². The first-order valence-corrected chi connectivity index (χ1v) is 8.15. The molecule has 1 aliphatic carbocycles. The first-order valence-electron chi connectivity index (χ1n) is 7.20. The van der Waals surface area contributed by atoms with E-state index >= 15 is 0 Å². The molecule has 0 spiro atoms. The van der Waals surface area contributed by atoms with Crippen LogP contribution in [0, 0.1) is 5.92 Å². The molecule has 1 saturated carbocycles. The Hall–Kier alpha value is -1.55. The number of amides is 1. The Morgan fingerprint density at radius 1 is 1.40 bits per heavy atom. The molecule has 0 unspecified atom stereocenters. The summed E-state index contributed by atoms with van der Waals surface area (Å²) in [6, 6.07) is 6.33. The lowest BCUT2D eigenvalue weighted by atomic mass is 10.1. The highest BCUT2D eigenvalue weighted by Gasteiger charge is 2.49. The zero-order valence-corrected chi connectivity index (χ0v) is 12.0. The average molecular weight is 287 g/mol. The number of carbonyl (C=O) groups excluding carboxylic acids is 1. The summed E-state index contributed by atoms with van der Waals surface area (Å²) in [5.74, 6) is 1.73. The van der Waals surface area contributed by atoms with Gasteiger partial charge in [0.25, 0.3) is 0 Å². The molecule has 0 radical (unpaired) electrons. The van der Waals surface area contributed by atoms with E-state index in [0.29, 0.717) is 17.9 Å². The van der Waals surface area contributed by atoms with Gasteiger partial charge >= 0.3 is 0 Å². The number of rotatable bonds is 3. The third kappa shape index (κ3) is 1.99. The van der Waals surface area contributed by atoms with Crippen molar-refractivity contribution in [2.24, 2.45) is 5.92 Å². The van der Waals surface area contributed by atoms with E-state index in [9.17, 15) is 4.79 Å². The molecule has 1 saturated heterocycles. The van der Waals surface area contributed by atoms with Crippen molar-refractivity contribution in [3.8, 4) is 0 Å². The molecule has 20 heavy (non-hydrogen) atoms. The molecule has 4 heteroatoms. The maximum Gasteiger partial charge on any atom is 0.226 e. The lowest BCUT2D eigenvalue weighted by molar-refractivity contribution is -0.133. The molecule has 0 N–H and O–H groups in total. The van der Waals surface area contributed by atoms with Gasteiger partial charge in [-0.1, -0.05) is 0 Å². The number of likely N-dealkylation sites (tertiary alicyclic amines) is 1. The molecule has 2 aromatic heterocycles. The minimum absolute atomic E-state index is 0.139. The molecule has 1 aliphatic heterocycles. The Kier molecular flexibility index (Phi) is 2.91. The number of thiophene rings is 1. The SMILES string of the molecule is O=C([C@@H]1C[C@H]1c1ccco1)N1CCC[C@@H]1c1ccsc1. The van der Waals surface area contributed by atoms with E-state index in [2.05, 4.69) is 21.7 Å². The third-order valence-corrected chi connectivity index (χ3v) is 5.18. The molecule has 2 fully saturated rings. The van der Waals surface area contributed by atoms with Crippen molar-refractivity contribution in [1.82, 2.24) is 4.90 Å². The Bertz CT molecular complexity index is 590. The first-order chi connectivity index (χ1) is 9.84. The third-order valence-electron chi connectivity index (χ3n) is 4.48. The minimum Gasteiger partial charge on any atom is -0.469 e. The van der Waals surface area contributed by atoms with Gasteiger partial charge in [0, 0.05) is 18.4 Å². The Balaban J connectivity index is 1.49. The molecular weight excluding hydrogens is 270 g/mol. The molecule has 1 amide bonds. The van der Waals surface area contributed by atoms with E-state index < -0.39 is 0 Å². The summed E-state index contributed by atoms with van der Waals surface area (Å²) in [5.41, 5.74) is 1.30. The van der Waals surface area contributed by atoms with Crippen LogP contribution in [0.5, 0.6) is 0 Å². The first kappa shape index (κ1) is 12.2. The molecule has 3 nitrogen and oxygen atoms in total. The topological polar surface area (TPSA) is 33.5 Å². The van der Waals surface area contributed by atoms with Crippen LogP contribution in [0.1, 0.15) is 42.5 Å². The van der Waals surface area contributed by atoms with Gasteiger partial charge in [0.2, 0.25) is 5.91 Å². The zero-order chi connectivity index (χ0) is 13.5. The van der Waals surface area contributed by atoms with Crippen molar-refractivity contribution >= 4 is 17.2 Å². The predicted molar refractivity (Wildman–Crippen MR) is 77.6 cm³/mol. The number of hydrogen-bond donors (Lipinski definition) is 0. The molecule has 3 atom stereocenters. The van der Waals surface area contributed by atoms with Crippen LogP contribution < -0.4 is 0 Å². The molecule has 2 aromatic rings. The number of nitrogens with zero attached hydrogens (tertiary/aromatic N) is 1. The van der Waals surface area contributed by atoms with Crippen molar-refractivity contribution in [2.75, 3.05) is 6.54 Å². The molecular formula is C16H17NO2S. The number of carbonyl (C=O) groups is 1. The van der Waals surface area contributed by atoms with E-state index in [1.165, 1.54) is 5.56 Å². The van der Waals surface area contributed by atoms with Crippen LogP contribution in [0.3, 0.4) is 0 Å². The van der Waals surface area contributed by atoms with Gasteiger partial charge in [-0.05, 0) is 53.8 Å². The quantitative estimate of drug-likeness (QED) is 0.860. The monoisotopic (exact) mass is 287 g/mol. The van der Waals surface area contributed by atoms with E-state index in [1.54, 1.807) is 17.6 Å². The van der Waals surface area contributed by atoms with Crippen molar-refractivity contribution in [3.63, 3.8) is 0 Å². The van der Waals surface area contributed by atoms with Crippen LogP contribution in [-0.2, 0) is 4.79 Å². The number of hydrogen-bond acceptors (Lipinski definition) is 3. The van der Waals surface area contributed by atoms with Gasteiger partial charge in [0.15, 0.2) is 0 Å². The van der Waals surface area contributed by atoms with Gasteiger partial charge in [0.1, 0.15) is 5.76 Å². The maximum absolute atomic E-state index is 12.7. The highest BCUT2D eigenvalue weighted by molar-refractivity contribution is 7.07. The fraction of sp³-hybridized carbons (Fsp3) is 0.438. The standard InChI is InChI=1S/C16H17NO2S/c18-16(13-9-12(13)15-4-2-7-19-15)17-6-1-3-14(17)11-5-8-20-10-11/h2,4-5,7-8,10,12-14H,1,3,6,9H2/t12-,13-,14-/m1/s1. The molecule has 3 heterocycles. The second-order valence-electron chi connectivity index (χ2n) is 5.71. The largest absolute Gasteiger partial charge is 0.469 e. The van der Waals surface area contributed by atoms with E-state index in [1.807, 2.05) is 12.1 Å². The summed E-state index contributed by atoms with van der Waals surface area (Å²) in [5, 5.41) is 4.27. The molecule has 104 valence electrons. The van der Waals surface area contributed by atoms with E-state index in [-0.39, 0.29) is 5.92 Å². The lowest BCUT2D eigenvalue weighted by Crippen LogP contribution is -2.31. The highest BCUT2D eigenvalue weighted by atomic mass is 32.1. The smallest absolute Gasteiger partial charge is 0.226 e. The van der Waals surface area contributed by atoms with Gasteiger partial charge in [-0.15, -0.1) is 0 Å². The lowest BCUT2D eigenvalue weighted by Gasteiger charge is -2.24. The van der Waals surface area contributed by atoms with Crippen LogP contribution >= 0.6 is 11.3 Å². The fourth-order valence-electron chi connectivity index (χ4n) is 3.34. The second kappa shape index (κ2) is 4.77. The summed E-state index contributed by atoms with van der Waals surface area (Å²) >= 11 is 1.71. The Morgan fingerprint density at radius 2 is 2.35 bits per heavy atom. The second-order valence-corrected chi connectivity index (χ2v) is 6.49. The summed E-state index contributed by atoms with van der Waals surface area (Å²) in [4.78, 5) is 14.8. The fourth-order valence-corrected chi connectivity index (χ4v) is 4.05. The van der Waals surface area contributed by atoms with Crippen molar-refractivity contribution in [3.05, 3.63) is 46.5 Å². The molecule has 2 aliphatic rings. The molecule has 0 bridgehead atoms. The van der Waals surface area contributed by atoms with Gasteiger partial charge < -0.3 is 9.32 Å². The van der Waals surface area contributed by atoms with Gasteiger partial charge in [0.05, 0.1) is 12.3 Å². The zero-order valence-electron chi connectivity index (χ0n) is 11.2. The number of furan rings is 1. The predicted octanol–water partition coefficient (Wildman–Crippen LogP) is 3.81.